The fourth-order valence-corrected chi connectivity index (χ4v) is 2.02. The largest absolute Gasteiger partial charge is 0.495 e. The Labute approximate surface area is 125 Å². The second kappa shape index (κ2) is 6.41. The quantitative estimate of drug-likeness (QED) is 0.669. The Kier molecular flexibility index (Phi) is 4.59. The van der Waals surface area contributed by atoms with Gasteiger partial charge in [0.05, 0.1) is 17.7 Å². The van der Waals surface area contributed by atoms with Gasteiger partial charge in [-0.3, -0.25) is 10.1 Å². The van der Waals surface area contributed by atoms with E-state index < -0.39 is 16.4 Å². The zero-order chi connectivity index (χ0) is 15.4. The van der Waals surface area contributed by atoms with Crippen molar-refractivity contribution in [1.82, 2.24) is 0 Å². The summed E-state index contributed by atoms with van der Waals surface area (Å²) in [6.07, 6.45) is 0. The van der Waals surface area contributed by atoms with Crippen molar-refractivity contribution in [3.05, 3.63) is 62.9 Å². The lowest BCUT2D eigenvalue weighted by molar-refractivity contribution is -0.387. The summed E-state index contributed by atoms with van der Waals surface area (Å²) in [5.41, 5.74) is 0.217. The molecule has 2 aromatic carbocycles. The number of rotatable bonds is 5. The van der Waals surface area contributed by atoms with Crippen LogP contribution in [0.15, 0.2) is 36.4 Å². The Morgan fingerprint density at radius 3 is 2.81 bits per heavy atom. The Morgan fingerprint density at radius 2 is 2.14 bits per heavy atom. The number of benzene rings is 2. The summed E-state index contributed by atoms with van der Waals surface area (Å²) < 4.78 is 19.1. The smallest absolute Gasteiger partial charge is 0.305 e. The molecule has 0 aromatic heterocycles. The highest BCUT2D eigenvalue weighted by Crippen LogP contribution is 2.29. The van der Waals surface area contributed by atoms with Crippen LogP contribution in [0.1, 0.15) is 5.56 Å². The van der Waals surface area contributed by atoms with Crippen LogP contribution in [-0.2, 0) is 6.54 Å². The maximum Gasteiger partial charge on any atom is 0.305 e. The molecule has 2 aromatic rings. The fraction of sp³-hybridized carbons (Fsp3) is 0.143. The minimum absolute atomic E-state index is 0.0736. The highest BCUT2D eigenvalue weighted by molar-refractivity contribution is 6.30. The van der Waals surface area contributed by atoms with Crippen molar-refractivity contribution < 1.29 is 14.1 Å². The maximum atomic E-state index is 13.9. The SMILES string of the molecule is COc1ccc(Cl)cc1NCc1cccc([N+](=O)[O-])c1F. The molecule has 0 aliphatic heterocycles. The van der Waals surface area contributed by atoms with Crippen LogP contribution < -0.4 is 10.1 Å². The van der Waals surface area contributed by atoms with Crippen LogP contribution in [0.5, 0.6) is 5.75 Å². The van der Waals surface area contributed by atoms with E-state index in [-0.39, 0.29) is 12.1 Å². The van der Waals surface area contributed by atoms with E-state index in [4.69, 9.17) is 16.3 Å². The first-order valence-electron chi connectivity index (χ1n) is 6.02. The molecule has 0 saturated carbocycles. The minimum atomic E-state index is -0.851. The van der Waals surface area contributed by atoms with E-state index in [0.29, 0.717) is 16.5 Å². The molecule has 0 amide bonds. The van der Waals surface area contributed by atoms with Gasteiger partial charge in [-0.05, 0) is 18.2 Å². The predicted octanol–water partition coefficient (Wildman–Crippen LogP) is 4.01. The molecule has 0 aliphatic carbocycles. The molecule has 0 atom stereocenters. The number of hydrogen-bond donors (Lipinski definition) is 1. The van der Waals surface area contributed by atoms with Gasteiger partial charge in [-0.15, -0.1) is 0 Å². The molecule has 1 N–H and O–H groups in total. The zero-order valence-corrected chi connectivity index (χ0v) is 11.9. The molecule has 0 saturated heterocycles. The number of nitrogens with one attached hydrogen (secondary N) is 1. The summed E-state index contributed by atoms with van der Waals surface area (Å²) in [4.78, 5) is 9.95. The lowest BCUT2D eigenvalue weighted by Gasteiger charge is -2.12. The summed E-state index contributed by atoms with van der Waals surface area (Å²) in [5, 5.41) is 14.2. The topological polar surface area (TPSA) is 64.4 Å². The fourth-order valence-electron chi connectivity index (χ4n) is 1.85. The van der Waals surface area contributed by atoms with Crippen molar-refractivity contribution in [3.63, 3.8) is 0 Å². The predicted molar refractivity (Wildman–Crippen MR) is 78.4 cm³/mol. The molecule has 0 heterocycles. The Morgan fingerprint density at radius 1 is 1.38 bits per heavy atom. The van der Waals surface area contributed by atoms with E-state index in [1.807, 2.05) is 0 Å². The molecule has 110 valence electrons. The van der Waals surface area contributed by atoms with Crippen LogP contribution in [0.4, 0.5) is 15.8 Å². The zero-order valence-electron chi connectivity index (χ0n) is 11.1. The van der Waals surface area contributed by atoms with Crippen LogP contribution >= 0.6 is 11.6 Å². The average Bonchev–Trinajstić information content (AvgIpc) is 2.46. The molecule has 7 heteroatoms. The number of nitro groups is 1. The molecule has 0 unspecified atom stereocenters. The molecule has 0 bridgehead atoms. The summed E-state index contributed by atoms with van der Waals surface area (Å²) >= 11 is 5.89. The highest BCUT2D eigenvalue weighted by Gasteiger charge is 2.17. The van der Waals surface area contributed by atoms with Gasteiger partial charge in [-0.1, -0.05) is 23.7 Å². The van der Waals surface area contributed by atoms with Gasteiger partial charge in [0.15, 0.2) is 0 Å². The number of methoxy groups -OCH3 is 1. The van der Waals surface area contributed by atoms with Gasteiger partial charge in [0.2, 0.25) is 5.82 Å². The maximum absolute atomic E-state index is 13.9. The van der Waals surface area contributed by atoms with Crippen molar-refractivity contribution in [3.8, 4) is 5.75 Å². The van der Waals surface area contributed by atoms with Gasteiger partial charge in [-0.2, -0.15) is 4.39 Å². The van der Waals surface area contributed by atoms with Crippen molar-refractivity contribution in [2.24, 2.45) is 0 Å². The van der Waals surface area contributed by atoms with E-state index in [1.54, 1.807) is 18.2 Å². The minimum Gasteiger partial charge on any atom is -0.495 e. The van der Waals surface area contributed by atoms with Gasteiger partial charge in [-0.25, -0.2) is 0 Å². The molecule has 0 fully saturated rings. The number of halogens is 2. The molecule has 0 radical (unpaired) electrons. The number of ether oxygens (including phenoxy) is 1. The molecule has 5 nitrogen and oxygen atoms in total. The van der Waals surface area contributed by atoms with Gasteiger partial charge >= 0.3 is 5.69 Å². The van der Waals surface area contributed by atoms with E-state index >= 15 is 0 Å². The summed E-state index contributed by atoms with van der Waals surface area (Å²) in [5.74, 6) is -0.304. The van der Waals surface area contributed by atoms with Gasteiger partial charge < -0.3 is 10.1 Å². The second-order valence-electron chi connectivity index (χ2n) is 4.21. The average molecular weight is 311 g/mol. The highest BCUT2D eigenvalue weighted by atomic mass is 35.5. The van der Waals surface area contributed by atoms with Crippen molar-refractivity contribution in [2.45, 2.75) is 6.54 Å². The lowest BCUT2D eigenvalue weighted by atomic mass is 10.1. The van der Waals surface area contributed by atoms with E-state index in [0.717, 1.165) is 6.07 Å². The Bertz CT molecular complexity index is 679. The Hall–Kier alpha value is -2.34. The standard InChI is InChI=1S/C14H12ClFN2O3/c1-21-13-6-5-10(15)7-11(13)17-8-9-3-2-4-12(14(9)16)18(19)20/h2-7,17H,8H2,1H3. The number of anilines is 1. The third-order valence-electron chi connectivity index (χ3n) is 2.89. The van der Waals surface area contributed by atoms with Crippen LogP contribution in [-0.4, -0.2) is 12.0 Å². The van der Waals surface area contributed by atoms with Gasteiger partial charge in [0.25, 0.3) is 0 Å². The molecular formula is C14H12ClFN2O3. The number of nitro benzene ring substituents is 1. The molecule has 0 spiro atoms. The van der Waals surface area contributed by atoms with Crippen LogP contribution in [0, 0.1) is 15.9 Å². The number of hydrogen-bond acceptors (Lipinski definition) is 4. The summed E-state index contributed by atoms with van der Waals surface area (Å²) in [7, 11) is 1.50. The van der Waals surface area contributed by atoms with Crippen LogP contribution in [0.3, 0.4) is 0 Å². The van der Waals surface area contributed by atoms with Gasteiger partial charge in [0.1, 0.15) is 5.75 Å². The van der Waals surface area contributed by atoms with Gasteiger partial charge in [0, 0.05) is 23.2 Å². The summed E-state index contributed by atoms with van der Waals surface area (Å²) in [6.45, 7) is 0.0736. The van der Waals surface area contributed by atoms with E-state index in [9.17, 15) is 14.5 Å². The second-order valence-corrected chi connectivity index (χ2v) is 4.64. The molecule has 2 rings (SSSR count). The Balaban J connectivity index is 2.23. The third kappa shape index (κ3) is 3.41. The lowest BCUT2D eigenvalue weighted by Crippen LogP contribution is -2.05. The van der Waals surface area contributed by atoms with Crippen LogP contribution in [0.25, 0.3) is 0 Å². The summed E-state index contributed by atoms with van der Waals surface area (Å²) in [6, 6.07) is 9.02. The number of nitrogens with zero attached hydrogens (tertiary/aromatic N) is 1. The van der Waals surface area contributed by atoms with E-state index in [2.05, 4.69) is 5.32 Å². The molecule has 0 aliphatic rings. The van der Waals surface area contributed by atoms with Crippen molar-refractivity contribution >= 4 is 23.0 Å². The first kappa shape index (κ1) is 15.1. The monoisotopic (exact) mass is 310 g/mol. The van der Waals surface area contributed by atoms with Crippen molar-refractivity contribution in [1.29, 1.82) is 0 Å². The normalized spacial score (nSPS) is 10.2. The van der Waals surface area contributed by atoms with Crippen molar-refractivity contribution in [2.75, 3.05) is 12.4 Å². The first-order valence-corrected chi connectivity index (χ1v) is 6.40. The molecular weight excluding hydrogens is 299 g/mol. The third-order valence-corrected chi connectivity index (χ3v) is 3.12. The first-order chi connectivity index (χ1) is 10.0. The molecule has 21 heavy (non-hydrogen) atoms. The van der Waals surface area contributed by atoms with Crippen LogP contribution in [0.2, 0.25) is 5.02 Å². The van der Waals surface area contributed by atoms with E-state index in [1.165, 1.54) is 19.2 Å².